The summed E-state index contributed by atoms with van der Waals surface area (Å²) in [5.41, 5.74) is -0.236. The number of likely N-dealkylation sites (tertiary alicyclic amines) is 1. The highest BCUT2D eigenvalue weighted by Crippen LogP contribution is 2.34. The summed E-state index contributed by atoms with van der Waals surface area (Å²) in [4.78, 5) is 25.2. The maximum Gasteiger partial charge on any atom is 0.410 e. The Morgan fingerprint density at radius 1 is 1.20 bits per heavy atom. The van der Waals surface area contributed by atoms with Crippen LogP contribution in [-0.4, -0.2) is 48.1 Å². The molecule has 0 radical (unpaired) electrons. The molecule has 1 aromatic carbocycles. The molecule has 25 heavy (non-hydrogen) atoms. The summed E-state index contributed by atoms with van der Waals surface area (Å²) in [6, 6.07) is 5.03. The van der Waals surface area contributed by atoms with Crippen LogP contribution in [0.15, 0.2) is 18.2 Å². The molecule has 1 aliphatic heterocycles. The highest BCUT2D eigenvalue weighted by Gasteiger charge is 2.28. The van der Waals surface area contributed by atoms with Crippen molar-refractivity contribution in [1.82, 2.24) is 4.90 Å². The van der Waals surface area contributed by atoms with E-state index in [0.717, 1.165) is 0 Å². The standard InChI is InChI=1S/C18H24ClNO5/c1-18(2,3)25-17(22)20-10-8-12(9-11-20)24-14-7-5-6-13(16(19)21)15(14)23-4/h5-7,12H,8-11H2,1-4H3. The van der Waals surface area contributed by atoms with E-state index in [1.807, 2.05) is 20.8 Å². The monoisotopic (exact) mass is 369 g/mol. The second kappa shape index (κ2) is 7.95. The number of carbonyl (C=O) groups excluding carboxylic acids is 2. The van der Waals surface area contributed by atoms with Gasteiger partial charge in [-0.25, -0.2) is 4.79 Å². The van der Waals surface area contributed by atoms with Gasteiger partial charge in [-0.05, 0) is 44.5 Å². The summed E-state index contributed by atoms with van der Waals surface area (Å²) in [6.45, 7) is 6.64. The van der Waals surface area contributed by atoms with Crippen LogP contribution in [0.5, 0.6) is 11.5 Å². The molecule has 1 fully saturated rings. The van der Waals surface area contributed by atoms with Gasteiger partial charge in [-0.15, -0.1) is 0 Å². The number of rotatable bonds is 4. The Bertz CT molecular complexity index is 633. The van der Waals surface area contributed by atoms with Crippen molar-refractivity contribution in [2.24, 2.45) is 0 Å². The number of hydrogen-bond donors (Lipinski definition) is 0. The molecule has 0 aliphatic carbocycles. The van der Waals surface area contributed by atoms with Crippen molar-refractivity contribution < 1.29 is 23.8 Å². The number of methoxy groups -OCH3 is 1. The molecule has 0 atom stereocenters. The summed E-state index contributed by atoms with van der Waals surface area (Å²) >= 11 is 5.58. The van der Waals surface area contributed by atoms with E-state index >= 15 is 0 Å². The fourth-order valence-electron chi connectivity index (χ4n) is 2.64. The van der Waals surface area contributed by atoms with Crippen molar-refractivity contribution in [3.05, 3.63) is 23.8 Å². The maximum absolute atomic E-state index is 12.1. The Balaban J connectivity index is 1.98. The van der Waals surface area contributed by atoms with E-state index in [0.29, 0.717) is 37.4 Å². The lowest BCUT2D eigenvalue weighted by atomic mass is 10.1. The first kappa shape index (κ1) is 19.4. The lowest BCUT2D eigenvalue weighted by Gasteiger charge is -2.33. The third-order valence-corrected chi connectivity index (χ3v) is 3.99. The Kier molecular flexibility index (Phi) is 6.16. The average Bonchev–Trinajstić information content (AvgIpc) is 2.53. The Hall–Kier alpha value is -1.95. The molecule has 2 rings (SSSR count). The average molecular weight is 370 g/mol. The number of benzene rings is 1. The zero-order chi connectivity index (χ0) is 18.6. The van der Waals surface area contributed by atoms with Gasteiger partial charge in [0, 0.05) is 25.9 Å². The minimum absolute atomic E-state index is 0.0757. The van der Waals surface area contributed by atoms with Crippen molar-refractivity contribution >= 4 is 22.9 Å². The van der Waals surface area contributed by atoms with E-state index in [4.69, 9.17) is 25.8 Å². The van der Waals surface area contributed by atoms with Gasteiger partial charge in [0.1, 0.15) is 11.7 Å². The summed E-state index contributed by atoms with van der Waals surface area (Å²) in [7, 11) is 1.47. The molecule has 138 valence electrons. The van der Waals surface area contributed by atoms with Crippen LogP contribution in [0, 0.1) is 0 Å². The van der Waals surface area contributed by atoms with Crippen molar-refractivity contribution in [3.8, 4) is 11.5 Å². The van der Waals surface area contributed by atoms with Crippen LogP contribution in [0.3, 0.4) is 0 Å². The first-order valence-electron chi connectivity index (χ1n) is 8.22. The first-order chi connectivity index (χ1) is 11.7. The fourth-order valence-corrected chi connectivity index (χ4v) is 2.79. The number of carbonyl (C=O) groups is 2. The fraction of sp³-hybridized carbons (Fsp3) is 0.556. The molecular weight excluding hydrogens is 346 g/mol. The number of halogens is 1. The third-order valence-electron chi connectivity index (χ3n) is 3.78. The van der Waals surface area contributed by atoms with Gasteiger partial charge in [0.05, 0.1) is 12.7 Å². The van der Waals surface area contributed by atoms with E-state index in [9.17, 15) is 9.59 Å². The van der Waals surface area contributed by atoms with E-state index < -0.39 is 10.8 Å². The molecule has 0 bridgehead atoms. The molecule has 6 nitrogen and oxygen atoms in total. The van der Waals surface area contributed by atoms with Crippen molar-refractivity contribution in [3.63, 3.8) is 0 Å². The number of hydrogen-bond acceptors (Lipinski definition) is 5. The molecule has 0 saturated carbocycles. The summed E-state index contributed by atoms with van der Waals surface area (Å²) in [6.07, 6.45) is 0.953. The first-order valence-corrected chi connectivity index (χ1v) is 8.60. The number of para-hydroxylation sites is 1. The predicted octanol–water partition coefficient (Wildman–Crippen LogP) is 3.85. The zero-order valence-corrected chi connectivity index (χ0v) is 15.8. The molecule has 1 amide bonds. The second-order valence-corrected chi connectivity index (χ2v) is 7.24. The van der Waals surface area contributed by atoms with Crippen LogP contribution in [0.1, 0.15) is 44.0 Å². The van der Waals surface area contributed by atoms with Gasteiger partial charge in [-0.2, -0.15) is 0 Å². The van der Waals surface area contributed by atoms with Crippen molar-refractivity contribution in [2.45, 2.75) is 45.3 Å². The molecular formula is C18H24ClNO5. The topological polar surface area (TPSA) is 65.1 Å². The third kappa shape index (κ3) is 5.26. The minimum Gasteiger partial charge on any atom is -0.492 e. The number of piperidine rings is 1. The van der Waals surface area contributed by atoms with E-state index in [-0.39, 0.29) is 17.8 Å². The SMILES string of the molecule is COc1c(OC2CCN(C(=O)OC(C)(C)C)CC2)cccc1C(=O)Cl. The molecule has 0 spiro atoms. The van der Waals surface area contributed by atoms with E-state index in [1.54, 1.807) is 23.1 Å². The highest BCUT2D eigenvalue weighted by atomic mass is 35.5. The quantitative estimate of drug-likeness (QED) is 0.754. The van der Waals surface area contributed by atoms with Crippen LogP contribution in [-0.2, 0) is 4.74 Å². The minimum atomic E-state index is -0.595. The van der Waals surface area contributed by atoms with E-state index in [2.05, 4.69) is 0 Å². The molecule has 0 N–H and O–H groups in total. The second-order valence-electron chi connectivity index (χ2n) is 6.90. The van der Waals surface area contributed by atoms with Crippen LogP contribution >= 0.6 is 11.6 Å². The predicted molar refractivity (Wildman–Crippen MR) is 94.6 cm³/mol. The van der Waals surface area contributed by atoms with Gasteiger partial charge in [-0.1, -0.05) is 6.07 Å². The Labute approximate surface area is 153 Å². The highest BCUT2D eigenvalue weighted by molar-refractivity contribution is 6.68. The van der Waals surface area contributed by atoms with Crippen LogP contribution in [0.25, 0.3) is 0 Å². The maximum atomic E-state index is 12.1. The molecule has 0 unspecified atom stereocenters. The summed E-state index contributed by atoms with van der Waals surface area (Å²) < 4.78 is 16.6. The molecule has 1 heterocycles. The van der Waals surface area contributed by atoms with Crippen molar-refractivity contribution in [1.29, 1.82) is 0 Å². The van der Waals surface area contributed by atoms with Gasteiger partial charge < -0.3 is 19.1 Å². The summed E-state index contributed by atoms with van der Waals surface area (Å²) in [5.74, 6) is 0.807. The molecule has 1 saturated heterocycles. The van der Waals surface area contributed by atoms with Gasteiger partial charge in [0.25, 0.3) is 5.24 Å². The van der Waals surface area contributed by atoms with Gasteiger partial charge in [0.15, 0.2) is 11.5 Å². The molecule has 7 heteroatoms. The molecule has 1 aromatic rings. The van der Waals surface area contributed by atoms with Gasteiger partial charge in [-0.3, -0.25) is 4.79 Å². The van der Waals surface area contributed by atoms with E-state index in [1.165, 1.54) is 7.11 Å². The lowest BCUT2D eigenvalue weighted by molar-refractivity contribution is 0.0124. The zero-order valence-electron chi connectivity index (χ0n) is 15.0. The molecule has 1 aliphatic rings. The Morgan fingerprint density at radius 3 is 2.36 bits per heavy atom. The molecule has 0 aromatic heterocycles. The number of ether oxygens (including phenoxy) is 3. The number of nitrogens with zero attached hydrogens (tertiary/aromatic N) is 1. The smallest absolute Gasteiger partial charge is 0.410 e. The number of amides is 1. The van der Waals surface area contributed by atoms with Crippen LogP contribution < -0.4 is 9.47 Å². The van der Waals surface area contributed by atoms with Crippen LogP contribution in [0.4, 0.5) is 4.79 Å². The Morgan fingerprint density at radius 2 is 1.84 bits per heavy atom. The van der Waals surface area contributed by atoms with Gasteiger partial charge >= 0.3 is 6.09 Å². The summed E-state index contributed by atoms with van der Waals surface area (Å²) in [5, 5.41) is -0.595. The largest absolute Gasteiger partial charge is 0.492 e. The van der Waals surface area contributed by atoms with Crippen molar-refractivity contribution in [2.75, 3.05) is 20.2 Å². The van der Waals surface area contributed by atoms with Gasteiger partial charge in [0.2, 0.25) is 0 Å². The normalized spacial score (nSPS) is 15.6. The lowest BCUT2D eigenvalue weighted by Crippen LogP contribution is -2.44. The van der Waals surface area contributed by atoms with Crippen LogP contribution in [0.2, 0.25) is 0 Å².